The third-order valence-corrected chi connectivity index (χ3v) is 74.8. The van der Waals surface area contributed by atoms with E-state index in [1.165, 1.54) is 17.7 Å². The van der Waals surface area contributed by atoms with E-state index in [0.29, 0.717) is 6.42 Å². The molecule has 31 heavy (non-hydrogen) atoms. The van der Waals surface area contributed by atoms with E-state index in [1.54, 1.807) is 0 Å². The number of hydrogen-bond acceptors (Lipinski definition) is 6. The molecule has 1 N–H and O–H groups in total. The molecule has 10 unspecified atom stereocenters. The second kappa shape index (κ2) is 13.7. The van der Waals surface area contributed by atoms with Crippen LogP contribution in [0.15, 0.2) is 10.9 Å². The van der Waals surface area contributed by atoms with E-state index in [2.05, 4.69) is 67.8 Å². The summed E-state index contributed by atoms with van der Waals surface area (Å²) in [4.78, 5) is 37.3. The Morgan fingerprint density at radius 3 is 2.23 bits per heavy atom. The van der Waals surface area contributed by atoms with Crippen molar-refractivity contribution in [2.75, 3.05) is 12.4 Å². The predicted molar refractivity (Wildman–Crippen MR) is 170 cm³/mol. The molecule has 1 aromatic rings. The fourth-order valence-electron chi connectivity index (χ4n) is 2.88. The first-order chi connectivity index (χ1) is 14.4. The van der Waals surface area contributed by atoms with Gasteiger partial charge in [0.25, 0.3) is 11.2 Å². The highest BCUT2D eigenvalue weighted by molar-refractivity contribution is 9.19. The van der Waals surface area contributed by atoms with Gasteiger partial charge in [-0.05, 0) is 33.8 Å². The molecule has 0 radical (unpaired) electrons. The number of hydrogen-bond donors (Lipinski definition) is 1. The molecule has 1 aliphatic rings. The highest BCUT2D eigenvalue weighted by Crippen LogP contribution is 3.17. The SMILES string of the molecule is CNc1cc([N+](=O)[O-])c2n(c1=O)C(C(=O)OP(P(P)P(P)P)P(P(P)P)P(P)P)CC2. The number of pyridine rings is 1. The second-order valence-electron chi connectivity index (χ2n) is 6.02. The van der Waals surface area contributed by atoms with Gasteiger partial charge in [0.05, 0.1) is 4.92 Å². The quantitative estimate of drug-likeness (QED) is 0.164. The van der Waals surface area contributed by atoms with Gasteiger partial charge in [-0.15, -0.1) is 53.6 Å². The maximum absolute atomic E-state index is 13.4. The Hall–Kier alpha value is 3.21. The summed E-state index contributed by atoms with van der Waals surface area (Å²) < 4.78 is 7.48. The third-order valence-electron chi connectivity index (χ3n) is 4.17. The van der Waals surface area contributed by atoms with Crippen molar-refractivity contribution in [3.05, 3.63) is 32.2 Å². The summed E-state index contributed by atoms with van der Waals surface area (Å²) in [6.07, 6.45) is 0.610. The minimum absolute atomic E-state index is 0.100. The van der Waals surface area contributed by atoms with Crippen molar-refractivity contribution in [2.24, 2.45) is 0 Å². The Bertz CT molecular complexity index is 889. The minimum atomic E-state index is -1.05. The number of carbonyl (C=O) groups excluding carboxylic acids is 1. The molecule has 0 fully saturated rings. The molecule has 0 aliphatic carbocycles. The molecule has 0 saturated heterocycles. The molecule has 0 aromatic carbocycles. The number of nitrogens with one attached hydrogen (secondary N) is 1. The zero-order valence-electron chi connectivity index (χ0n) is 16.2. The van der Waals surface area contributed by atoms with Gasteiger partial charge < -0.3 is 9.84 Å². The molecule has 1 aliphatic heterocycles. The van der Waals surface area contributed by atoms with Crippen molar-refractivity contribution in [2.45, 2.75) is 18.9 Å². The van der Waals surface area contributed by atoms with Gasteiger partial charge in [0.1, 0.15) is 17.4 Å². The van der Waals surface area contributed by atoms with Crippen molar-refractivity contribution < 1.29 is 14.2 Å². The Balaban J connectivity index is 2.47. The van der Waals surface area contributed by atoms with Crippen LogP contribution < -0.4 is 10.9 Å². The van der Waals surface area contributed by atoms with E-state index in [-0.39, 0.29) is 23.5 Å². The summed E-state index contributed by atoms with van der Waals surface area (Å²) >= 11 is 0. The lowest BCUT2D eigenvalue weighted by molar-refractivity contribution is -0.386. The zero-order chi connectivity index (χ0) is 23.6. The van der Waals surface area contributed by atoms with Crippen LogP contribution in [0.2, 0.25) is 0 Å². The lowest BCUT2D eigenvalue weighted by atomic mass is 10.2. The fourth-order valence-corrected chi connectivity index (χ4v) is 98.0. The van der Waals surface area contributed by atoms with E-state index >= 15 is 0 Å². The van der Waals surface area contributed by atoms with E-state index < -0.39 is 65.0 Å². The number of carbonyl (C=O) groups is 1. The molecule has 0 spiro atoms. The Morgan fingerprint density at radius 1 is 1.19 bits per heavy atom. The lowest BCUT2D eigenvalue weighted by Crippen LogP contribution is -2.30. The van der Waals surface area contributed by atoms with Crippen LogP contribution in [-0.4, -0.2) is 22.5 Å². The van der Waals surface area contributed by atoms with Crippen molar-refractivity contribution in [3.63, 3.8) is 0 Å². The summed E-state index contributed by atoms with van der Waals surface area (Å²) in [7, 11) is 20.6. The summed E-state index contributed by atoms with van der Waals surface area (Å²) in [5.74, 6) is -0.456. The van der Waals surface area contributed by atoms with Gasteiger partial charge in [-0.3, -0.25) is 19.5 Å². The van der Waals surface area contributed by atoms with Gasteiger partial charge in [-0.2, -0.15) is 0 Å². The Labute approximate surface area is 203 Å². The number of nitro groups is 1. The minimum Gasteiger partial charge on any atom is -0.433 e. The normalized spacial score (nSPS) is 17.9. The second-order valence-corrected chi connectivity index (χ2v) is 54.8. The van der Waals surface area contributed by atoms with Crippen molar-refractivity contribution in [3.8, 4) is 0 Å². The highest BCUT2D eigenvalue weighted by atomic mass is 33.2. The molecule has 8 nitrogen and oxygen atoms in total. The number of fused-ring (bicyclic) bond motifs is 1. The first-order valence-electron chi connectivity index (χ1n) is 8.27. The maximum atomic E-state index is 13.4. The van der Waals surface area contributed by atoms with Gasteiger partial charge >= 0.3 is 5.97 Å². The summed E-state index contributed by atoms with van der Waals surface area (Å²) in [5, 5.41) is 14.3. The molecule has 2 heterocycles. The van der Waals surface area contributed by atoms with Gasteiger partial charge in [-0.1, -0.05) is 8.93 Å². The van der Waals surface area contributed by atoms with Crippen LogP contribution in [0.1, 0.15) is 18.2 Å². The molecular weight excluding hydrogens is 645 g/mol. The summed E-state index contributed by atoms with van der Waals surface area (Å²) in [6.45, 7) is -2.57. The van der Waals surface area contributed by atoms with Crippen LogP contribution >= 0.6 is 105 Å². The average Bonchev–Trinajstić information content (AvgIpc) is 3.11. The van der Waals surface area contributed by atoms with Crippen molar-refractivity contribution in [1.82, 2.24) is 4.57 Å². The zero-order valence-corrected chi connectivity index (χ0v) is 29.7. The van der Waals surface area contributed by atoms with Crippen molar-refractivity contribution >= 4 is 122 Å². The standard InChI is InChI=1S/C10H24N3O5P13/c1-11-5-4-8(13(16)17)6-2-3-7(12(6)9(5)14)10(15)18-26(30(25)27(19)20)31(28(21)22)29(23)24/h4,7,11H,2-3,19-25H2,1H3. The van der Waals surface area contributed by atoms with Crippen LogP contribution in [0.4, 0.5) is 11.4 Å². The molecule has 1 aromatic heterocycles. The van der Waals surface area contributed by atoms with Gasteiger partial charge in [-0.25, -0.2) is 4.79 Å². The number of rotatable bonds is 9. The van der Waals surface area contributed by atoms with Crippen LogP contribution in [0.5, 0.6) is 0 Å². The molecule has 0 amide bonds. The third kappa shape index (κ3) is 7.38. The van der Waals surface area contributed by atoms with Gasteiger partial charge in [0, 0.05) is 27.1 Å². The van der Waals surface area contributed by atoms with Crippen molar-refractivity contribution in [1.29, 1.82) is 0 Å². The first kappa shape index (κ1) is 30.4. The first-order valence-corrected chi connectivity index (χ1v) is 31.1. The average molecular weight is 669 g/mol. The van der Waals surface area contributed by atoms with Crippen LogP contribution in [0.25, 0.3) is 0 Å². The summed E-state index contributed by atoms with van der Waals surface area (Å²) in [5.41, 5.74) is -0.190. The molecule has 10 atom stereocenters. The largest absolute Gasteiger partial charge is 0.433 e. The molecule has 0 saturated carbocycles. The van der Waals surface area contributed by atoms with E-state index in [0.717, 1.165) is 0 Å². The van der Waals surface area contributed by atoms with Gasteiger partial charge in [0.15, 0.2) is 7.53 Å². The van der Waals surface area contributed by atoms with Gasteiger partial charge in [0.2, 0.25) is 0 Å². The smallest absolute Gasteiger partial charge is 0.332 e. The van der Waals surface area contributed by atoms with Crippen LogP contribution in [0, 0.1) is 10.1 Å². The Morgan fingerprint density at radius 2 is 1.77 bits per heavy atom. The van der Waals surface area contributed by atoms with E-state index in [4.69, 9.17) is 4.52 Å². The number of anilines is 1. The topological polar surface area (TPSA) is 103 Å². The molecule has 2 rings (SSSR count). The molecule has 174 valence electrons. The molecular formula is C10H24N3O5P13. The lowest BCUT2D eigenvalue weighted by Gasteiger charge is -2.36. The predicted octanol–water partition coefficient (Wildman–Crippen LogP) is 7.74. The maximum Gasteiger partial charge on any atom is 0.332 e. The molecule has 21 heteroatoms. The Kier molecular flexibility index (Phi) is 13.4. The van der Waals surface area contributed by atoms with Crippen LogP contribution in [0.3, 0.4) is 0 Å². The number of aromatic nitrogens is 1. The van der Waals surface area contributed by atoms with Crippen LogP contribution in [-0.2, 0) is 15.7 Å². The fraction of sp³-hybridized carbons (Fsp3) is 0.400. The van der Waals surface area contributed by atoms with E-state index in [1.807, 2.05) is 0 Å². The highest BCUT2D eigenvalue weighted by Gasteiger charge is 2.42. The summed E-state index contributed by atoms with van der Waals surface area (Å²) in [6, 6.07) is 0.405. The monoisotopic (exact) mass is 669 g/mol. The van der Waals surface area contributed by atoms with E-state index in [9.17, 15) is 19.7 Å². The number of nitrogens with zero attached hydrogens (tertiary/aromatic N) is 2. The molecule has 0 bridgehead atoms.